The smallest absolute Gasteiger partial charge is 0.275 e. The highest BCUT2D eigenvalue weighted by atomic mass is 35.5. The quantitative estimate of drug-likeness (QED) is 0.888. The average molecular weight is 350 g/mol. The Hall–Kier alpha value is -1.86. The zero-order valence-electron chi connectivity index (χ0n) is 13.4. The van der Waals surface area contributed by atoms with Gasteiger partial charge in [-0.2, -0.15) is 10.2 Å². The maximum absolute atomic E-state index is 12.7. The Morgan fingerprint density at radius 2 is 2.08 bits per heavy atom. The Balaban J connectivity index is 1.50. The van der Waals surface area contributed by atoms with Crippen LogP contribution in [0.1, 0.15) is 29.4 Å². The van der Waals surface area contributed by atoms with Gasteiger partial charge in [-0.05, 0) is 30.7 Å². The fraction of sp³-hybridized carbons (Fsp3) is 0.562. The number of hydrogen-bond acceptors (Lipinski definition) is 4. The molecule has 1 saturated heterocycles. The summed E-state index contributed by atoms with van der Waals surface area (Å²) < 4.78 is 3.39. The summed E-state index contributed by atoms with van der Waals surface area (Å²) in [6.45, 7) is 1.33. The summed E-state index contributed by atoms with van der Waals surface area (Å²) in [5.41, 5.74) is 0.307. The normalized spacial score (nSPS) is 29.7. The molecule has 0 bridgehead atoms. The van der Waals surface area contributed by atoms with Crippen molar-refractivity contribution < 1.29 is 9.90 Å². The molecule has 2 aromatic heterocycles. The van der Waals surface area contributed by atoms with E-state index in [9.17, 15) is 9.90 Å². The number of aromatic nitrogens is 4. The molecule has 1 aliphatic carbocycles. The Kier molecular flexibility index (Phi) is 3.85. The first-order chi connectivity index (χ1) is 11.5. The van der Waals surface area contributed by atoms with Crippen molar-refractivity contribution in [1.29, 1.82) is 0 Å². The molecule has 2 aromatic rings. The minimum atomic E-state index is -0.431. The molecule has 3 heterocycles. The minimum absolute atomic E-state index is 0.0188. The Bertz CT molecular complexity index is 744. The second-order valence-electron chi connectivity index (χ2n) is 6.82. The Morgan fingerprint density at radius 3 is 2.71 bits per heavy atom. The van der Waals surface area contributed by atoms with Gasteiger partial charge < -0.3 is 10.0 Å². The third-order valence-corrected chi connectivity index (χ3v) is 5.52. The Labute approximate surface area is 144 Å². The monoisotopic (exact) mass is 349 g/mol. The number of carbonyl (C=O) groups excluding carboxylic acids is 1. The predicted octanol–water partition coefficient (Wildman–Crippen LogP) is 1.35. The fourth-order valence-corrected chi connectivity index (χ4v) is 4.35. The molecular weight excluding hydrogens is 330 g/mol. The van der Waals surface area contributed by atoms with Crippen LogP contribution < -0.4 is 0 Å². The number of halogens is 1. The highest BCUT2D eigenvalue weighted by Crippen LogP contribution is 2.41. The van der Waals surface area contributed by atoms with Crippen LogP contribution >= 0.6 is 11.6 Å². The third kappa shape index (κ3) is 2.61. The average Bonchev–Trinajstić information content (AvgIpc) is 3.25. The topological polar surface area (TPSA) is 76.2 Å². The highest BCUT2D eigenvalue weighted by molar-refractivity contribution is 6.33. The maximum Gasteiger partial charge on any atom is 0.275 e. The van der Waals surface area contributed by atoms with Crippen LogP contribution in [0.2, 0.25) is 5.02 Å². The molecule has 0 spiro atoms. The van der Waals surface area contributed by atoms with Gasteiger partial charge in [0, 0.05) is 38.7 Å². The van der Waals surface area contributed by atoms with Gasteiger partial charge in [0.15, 0.2) is 5.69 Å². The molecule has 1 aliphatic heterocycles. The van der Waals surface area contributed by atoms with Crippen LogP contribution in [0.25, 0.3) is 0 Å². The van der Waals surface area contributed by atoms with Gasteiger partial charge in [-0.15, -0.1) is 0 Å². The van der Waals surface area contributed by atoms with Gasteiger partial charge in [0.05, 0.1) is 17.2 Å². The lowest BCUT2D eigenvalue weighted by atomic mass is 9.77. The van der Waals surface area contributed by atoms with E-state index >= 15 is 0 Å². The van der Waals surface area contributed by atoms with E-state index in [1.54, 1.807) is 24.1 Å². The number of aliphatic hydroxyl groups is 1. The standard InChI is InChI=1S/C16H20ClN5O2/c1-20-9-12(17)15(19-20)16(24)21-7-10-5-13(22-4-2-3-18-22)14(23)6-11(10)8-21/h2-4,9-11,13-14,23H,5-8H2,1H3/t10-,11+,13-,14-/m1/s1. The van der Waals surface area contributed by atoms with E-state index < -0.39 is 6.10 Å². The summed E-state index contributed by atoms with van der Waals surface area (Å²) >= 11 is 6.10. The predicted molar refractivity (Wildman–Crippen MR) is 87.6 cm³/mol. The zero-order valence-corrected chi connectivity index (χ0v) is 14.2. The van der Waals surface area contributed by atoms with Crippen LogP contribution in [-0.4, -0.2) is 54.7 Å². The van der Waals surface area contributed by atoms with Gasteiger partial charge in [-0.1, -0.05) is 11.6 Å². The summed E-state index contributed by atoms with van der Waals surface area (Å²) in [5, 5.41) is 19.3. The SMILES string of the molecule is Cn1cc(Cl)c(C(=O)N2C[C@H]3C[C@@H](n4cccn4)[C@H](O)C[C@H]3C2)n1. The van der Waals surface area contributed by atoms with Crippen molar-refractivity contribution >= 4 is 17.5 Å². The van der Waals surface area contributed by atoms with Crippen LogP contribution in [0.5, 0.6) is 0 Å². The van der Waals surface area contributed by atoms with E-state index in [1.165, 1.54) is 0 Å². The molecular formula is C16H20ClN5O2. The summed E-state index contributed by atoms with van der Waals surface area (Å²) in [4.78, 5) is 14.5. The number of likely N-dealkylation sites (tertiary alicyclic amines) is 1. The maximum atomic E-state index is 12.7. The molecule has 0 aromatic carbocycles. The van der Waals surface area contributed by atoms with Gasteiger partial charge in [0.2, 0.25) is 0 Å². The number of carbonyl (C=O) groups is 1. The van der Waals surface area contributed by atoms with Gasteiger partial charge in [0.1, 0.15) is 0 Å². The number of fused-ring (bicyclic) bond motifs is 1. The molecule has 4 atom stereocenters. The number of rotatable bonds is 2. The molecule has 2 fully saturated rings. The molecule has 24 heavy (non-hydrogen) atoms. The molecule has 128 valence electrons. The molecule has 2 aliphatic rings. The summed E-state index contributed by atoms with van der Waals surface area (Å²) in [6.07, 6.45) is 6.34. The lowest BCUT2D eigenvalue weighted by Crippen LogP contribution is -2.36. The van der Waals surface area contributed by atoms with Gasteiger partial charge >= 0.3 is 0 Å². The largest absolute Gasteiger partial charge is 0.391 e. The molecule has 0 unspecified atom stereocenters. The number of aliphatic hydroxyl groups excluding tert-OH is 1. The number of aryl methyl sites for hydroxylation is 1. The van der Waals surface area contributed by atoms with E-state index in [0.717, 1.165) is 6.42 Å². The van der Waals surface area contributed by atoms with E-state index in [2.05, 4.69) is 10.2 Å². The minimum Gasteiger partial charge on any atom is -0.391 e. The second-order valence-corrected chi connectivity index (χ2v) is 7.23. The highest BCUT2D eigenvalue weighted by Gasteiger charge is 2.44. The van der Waals surface area contributed by atoms with Gasteiger partial charge in [0.25, 0.3) is 5.91 Å². The van der Waals surface area contributed by atoms with E-state index in [0.29, 0.717) is 42.1 Å². The van der Waals surface area contributed by atoms with Crippen molar-refractivity contribution in [3.05, 3.63) is 35.4 Å². The number of amides is 1. The lowest BCUT2D eigenvalue weighted by Gasteiger charge is -2.35. The molecule has 1 N–H and O–H groups in total. The van der Waals surface area contributed by atoms with Crippen LogP contribution in [0.4, 0.5) is 0 Å². The zero-order chi connectivity index (χ0) is 16.8. The van der Waals surface area contributed by atoms with Crippen LogP contribution in [-0.2, 0) is 7.05 Å². The van der Waals surface area contributed by atoms with Crippen molar-refractivity contribution in [2.75, 3.05) is 13.1 Å². The molecule has 7 nitrogen and oxygen atoms in total. The van der Waals surface area contributed by atoms with Crippen molar-refractivity contribution in [3.63, 3.8) is 0 Å². The first kappa shape index (κ1) is 15.7. The lowest BCUT2D eigenvalue weighted by molar-refractivity contribution is 0.0306. The third-order valence-electron chi connectivity index (χ3n) is 5.25. The summed E-state index contributed by atoms with van der Waals surface area (Å²) in [5.74, 6) is 0.562. The molecule has 8 heteroatoms. The van der Waals surface area contributed by atoms with Gasteiger partial charge in [-0.25, -0.2) is 0 Å². The molecule has 1 saturated carbocycles. The van der Waals surface area contributed by atoms with Crippen molar-refractivity contribution in [2.24, 2.45) is 18.9 Å². The van der Waals surface area contributed by atoms with Crippen LogP contribution in [0.3, 0.4) is 0 Å². The first-order valence-electron chi connectivity index (χ1n) is 8.18. The van der Waals surface area contributed by atoms with Crippen molar-refractivity contribution in [3.8, 4) is 0 Å². The molecule has 0 radical (unpaired) electrons. The van der Waals surface area contributed by atoms with E-state index in [-0.39, 0.29) is 11.9 Å². The van der Waals surface area contributed by atoms with E-state index in [1.807, 2.05) is 21.8 Å². The second kappa shape index (κ2) is 5.89. The van der Waals surface area contributed by atoms with E-state index in [4.69, 9.17) is 11.6 Å². The summed E-state index contributed by atoms with van der Waals surface area (Å²) in [6, 6.07) is 1.85. The Morgan fingerprint density at radius 1 is 1.33 bits per heavy atom. The number of nitrogens with zero attached hydrogens (tertiary/aromatic N) is 5. The van der Waals surface area contributed by atoms with Crippen molar-refractivity contribution in [2.45, 2.75) is 25.0 Å². The molecule has 1 amide bonds. The van der Waals surface area contributed by atoms with Crippen LogP contribution in [0.15, 0.2) is 24.7 Å². The van der Waals surface area contributed by atoms with Crippen molar-refractivity contribution in [1.82, 2.24) is 24.5 Å². The number of hydrogen-bond donors (Lipinski definition) is 1. The van der Waals surface area contributed by atoms with Gasteiger partial charge in [-0.3, -0.25) is 14.2 Å². The summed E-state index contributed by atoms with van der Waals surface area (Å²) in [7, 11) is 1.75. The first-order valence-corrected chi connectivity index (χ1v) is 8.56. The fourth-order valence-electron chi connectivity index (χ4n) is 4.09. The molecule has 4 rings (SSSR count). The van der Waals surface area contributed by atoms with Crippen LogP contribution in [0, 0.1) is 11.8 Å².